The highest BCUT2D eigenvalue weighted by Crippen LogP contribution is 2.16. The third-order valence-electron chi connectivity index (χ3n) is 3.65. The molecular formula is C18H34. The van der Waals surface area contributed by atoms with Crippen molar-refractivity contribution in [2.75, 3.05) is 0 Å². The SMILES string of the molecule is [CH2]CCCCCC(C)C=CCCC(C)CCC[CH2]. The lowest BCUT2D eigenvalue weighted by molar-refractivity contribution is 0.479. The molecule has 0 amide bonds. The Morgan fingerprint density at radius 3 is 2.22 bits per heavy atom. The van der Waals surface area contributed by atoms with Crippen molar-refractivity contribution >= 4 is 0 Å². The average Bonchev–Trinajstić information content (AvgIpc) is 2.37. The van der Waals surface area contributed by atoms with Crippen LogP contribution in [0.3, 0.4) is 0 Å². The molecule has 0 rings (SSSR count). The Morgan fingerprint density at radius 2 is 1.56 bits per heavy atom. The van der Waals surface area contributed by atoms with E-state index in [-0.39, 0.29) is 0 Å². The highest BCUT2D eigenvalue weighted by atomic mass is 14.1. The molecule has 0 N–H and O–H groups in total. The van der Waals surface area contributed by atoms with Crippen molar-refractivity contribution in [3.63, 3.8) is 0 Å². The van der Waals surface area contributed by atoms with Crippen molar-refractivity contribution in [3.05, 3.63) is 26.0 Å². The highest BCUT2D eigenvalue weighted by molar-refractivity contribution is 4.86. The third-order valence-corrected chi connectivity index (χ3v) is 3.65. The first kappa shape index (κ1) is 17.7. The van der Waals surface area contributed by atoms with Gasteiger partial charge in [0.05, 0.1) is 0 Å². The van der Waals surface area contributed by atoms with Crippen LogP contribution in [0.2, 0.25) is 0 Å². The molecule has 0 aromatic heterocycles. The van der Waals surface area contributed by atoms with Crippen LogP contribution in [-0.2, 0) is 0 Å². The Labute approximate surface area is 116 Å². The van der Waals surface area contributed by atoms with Crippen molar-refractivity contribution in [1.82, 2.24) is 0 Å². The standard InChI is InChI=1S/C18H34/c1-5-7-9-10-14-18(4)16-12-11-15-17(3)13-8-6-2/h12,16-18H,1-2,5-11,13-15H2,3-4H3. The summed E-state index contributed by atoms with van der Waals surface area (Å²) in [7, 11) is 0. The third kappa shape index (κ3) is 12.2. The zero-order chi connectivity index (χ0) is 13.6. The number of rotatable bonds is 12. The van der Waals surface area contributed by atoms with Crippen LogP contribution in [0.4, 0.5) is 0 Å². The van der Waals surface area contributed by atoms with Crippen LogP contribution in [0.1, 0.15) is 78.1 Å². The predicted octanol–water partition coefficient (Wildman–Crippen LogP) is 6.38. The molecular weight excluding hydrogens is 216 g/mol. The molecule has 0 aromatic rings. The van der Waals surface area contributed by atoms with Crippen molar-refractivity contribution in [2.45, 2.75) is 78.1 Å². The van der Waals surface area contributed by atoms with E-state index in [1.807, 2.05) is 0 Å². The van der Waals surface area contributed by atoms with E-state index in [1.165, 1.54) is 51.4 Å². The summed E-state index contributed by atoms with van der Waals surface area (Å²) >= 11 is 0. The normalized spacial score (nSPS) is 15.1. The van der Waals surface area contributed by atoms with Crippen molar-refractivity contribution in [2.24, 2.45) is 11.8 Å². The van der Waals surface area contributed by atoms with E-state index in [2.05, 4.69) is 39.8 Å². The summed E-state index contributed by atoms with van der Waals surface area (Å²) in [6.45, 7) is 12.5. The maximum atomic E-state index is 3.90. The Bertz CT molecular complexity index is 180. The predicted molar refractivity (Wildman–Crippen MR) is 84.4 cm³/mol. The minimum absolute atomic E-state index is 0.755. The molecule has 0 heterocycles. The van der Waals surface area contributed by atoms with Gasteiger partial charge >= 0.3 is 0 Å². The molecule has 2 atom stereocenters. The Kier molecular flexibility index (Phi) is 13.0. The van der Waals surface area contributed by atoms with Gasteiger partial charge in [-0.2, -0.15) is 0 Å². The second-order valence-corrected chi connectivity index (χ2v) is 5.79. The van der Waals surface area contributed by atoms with Crippen molar-refractivity contribution < 1.29 is 0 Å². The highest BCUT2D eigenvalue weighted by Gasteiger charge is 2.00. The fraction of sp³-hybridized carbons (Fsp3) is 0.778. The molecule has 0 aliphatic rings. The number of hydrogen-bond acceptors (Lipinski definition) is 0. The Balaban J connectivity index is 3.44. The van der Waals surface area contributed by atoms with E-state index in [0.717, 1.165) is 24.7 Å². The molecule has 0 aromatic carbocycles. The van der Waals surface area contributed by atoms with Gasteiger partial charge in [0.15, 0.2) is 0 Å². The fourth-order valence-corrected chi connectivity index (χ4v) is 2.26. The summed E-state index contributed by atoms with van der Waals surface area (Å²) in [5.74, 6) is 1.62. The topological polar surface area (TPSA) is 0 Å². The summed E-state index contributed by atoms with van der Waals surface area (Å²) in [5.41, 5.74) is 0. The fourth-order valence-electron chi connectivity index (χ4n) is 2.26. The molecule has 18 heavy (non-hydrogen) atoms. The van der Waals surface area contributed by atoms with Crippen molar-refractivity contribution in [3.8, 4) is 0 Å². The smallest absolute Gasteiger partial charge is 0.0262 e. The molecule has 0 aliphatic carbocycles. The van der Waals surface area contributed by atoms with Gasteiger partial charge in [0.25, 0.3) is 0 Å². The number of hydrogen-bond donors (Lipinski definition) is 0. The van der Waals surface area contributed by atoms with Gasteiger partial charge in [0.2, 0.25) is 0 Å². The van der Waals surface area contributed by atoms with E-state index in [9.17, 15) is 0 Å². The minimum Gasteiger partial charge on any atom is -0.0883 e. The molecule has 0 saturated heterocycles. The van der Waals surface area contributed by atoms with Crippen molar-refractivity contribution in [1.29, 1.82) is 0 Å². The molecule has 0 aliphatic heterocycles. The quantitative estimate of drug-likeness (QED) is 0.278. The lowest BCUT2D eigenvalue weighted by Crippen LogP contribution is -1.94. The average molecular weight is 250 g/mol. The molecule has 0 nitrogen and oxygen atoms in total. The summed E-state index contributed by atoms with van der Waals surface area (Å²) in [6.07, 6.45) is 17.6. The first-order chi connectivity index (χ1) is 8.70. The van der Waals surface area contributed by atoms with Crippen LogP contribution >= 0.6 is 0 Å². The molecule has 0 bridgehead atoms. The van der Waals surface area contributed by atoms with Gasteiger partial charge in [-0.25, -0.2) is 0 Å². The maximum absolute atomic E-state index is 3.90. The van der Waals surface area contributed by atoms with Crippen LogP contribution < -0.4 is 0 Å². The van der Waals surface area contributed by atoms with Gasteiger partial charge in [-0.15, -0.1) is 0 Å². The lowest BCUT2D eigenvalue weighted by atomic mass is 9.97. The molecule has 106 valence electrons. The largest absolute Gasteiger partial charge is 0.0883 e. The van der Waals surface area contributed by atoms with E-state index >= 15 is 0 Å². The lowest BCUT2D eigenvalue weighted by Gasteiger charge is -2.09. The van der Waals surface area contributed by atoms with Gasteiger partial charge in [-0.1, -0.05) is 84.8 Å². The van der Waals surface area contributed by atoms with Crippen LogP contribution in [0.25, 0.3) is 0 Å². The van der Waals surface area contributed by atoms with Crippen LogP contribution in [0, 0.1) is 25.7 Å². The first-order valence-corrected chi connectivity index (χ1v) is 7.95. The van der Waals surface area contributed by atoms with E-state index in [1.54, 1.807) is 0 Å². The van der Waals surface area contributed by atoms with Crippen LogP contribution in [-0.4, -0.2) is 0 Å². The van der Waals surface area contributed by atoms with Gasteiger partial charge in [-0.3, -0.25) is 0 Å². The first-order valence-electron chi connectivity index (χ1n) is 7.95. The second kappa shape index (κ2) is 13.2. The summed E-state index contributed by atoms with van der Waals surface area (Å²) < 4.78 is 0. The second-order valence-electron chi connectivity index (χ2n) is 5.79. The van der Waals surface area contributed by atoms with E-state index < -0.39 is 0 Å². The number of unbranched alkanes of at least 4 members (excludes halogenated alkanes) is 4. The van der Waals surface area contributed by atoms with Gasteiger partial charge in [-0.05, 0) is 31.1 Å². The van der Waals surface area contributed by atoms with Crippen LogP contribution in [0.5, 0.6) is 0 Å². The Morgan fingerprint density at radius 1 is 0.833 bits per heavy atom. The summed E-state index contributed by atoms with van der Waals surface area (Å²) in [4.78, 5) is 0. The van der Waals surface area contributed by atoms with Gasteiger partial charge < -0.3 is 0 Å². The molecule has 0 fully saturated rings. The zero-order valence-corrected chi connectivity index (χ0v) is 12.8. The van der Waals surface area contributed by atoms with Gasteiger partial charge in [0, 0.05) is 0 Å². The summed E-state index contributed by atoms with van der Waals surface area (Å²) in [5, 5.41) is 0. The Hall–Kier alpha value is -0.260. The van der Waals surface area contributed by atoms with Gasteiger partial charge in [0.1, 0.15) is 0 Å². The molecule has 0 saturated carbocycles. The molecule has 0 heteroatoms. The van der Waals surface area contributed by atoms with Crippen LogP contribution in [0.15, 0.2) is 12.2 Å². The summed E-state index contributed by atoms with van der Waals surface area (Å²) in [6, 6.07) is 0. The maximum Gasteiger partial charge on any atom is -0.0262 e. The van der Waals surface area contributed by atoms with E-state index in [0.29, 0.717) is 0 Å². The monoisotopic (exact) mass is 250 g/mol. The van der Waals surface area contributed by atoms with E-state index in [4.69, 9.17) is 0 Å². The molecule has 2 radical (unpaired) electrons. The zero-order valence-electron chi connectivity index (χ0n) is 12.8. The molecule has 2 unspecified atom stereocenters. The molecule has 0 spiro atoms. The number of allylic oxidation sites excluding steroid dienone is 2. The minimum atomic E-state index is 0.755.